The number of ether oxygens (including phenoxy) is 1. The Balaban J connectivity index is 1.16. The highest BCUT2D eigenvalue weighted by Gasteiger charge is 2.52. The van der Waals surface area contributed by atoms with E-state index in [2.05, 4.69) is 21.8 Å². The van der Waals surface area contributed by atoms with Crippen molar-refractivity contribution in [2.24, 2.45) is 0 Å². The van der Waals surface area contributed by atoms with Crippen molar-refractivity contribution in [2.75, 3.05) is 29.4 Å². The van der Waals surface area contributed by atoms with Crippen LogP contribution in [0.2, 0.25) is 0 Å². The third kappa shape index (κ3) is 5.49. The third-order valence-corrected chi connectivity index (χ3v) is 7.68. The van der Waals surface area contributed by atoms with Gasteiger partial charge in [0.1, 0.15) is 17.8 Å². The molecule has 0 N–H and O–H groups in total. The first-order chi connectivity index (χ1) is 20.8. The van der Waals surface area contributed by atoms with Crippen molar-refractivity contribution in [3.05, 3.63) is 114 Å². The second-order valence-corrected chi connectivity index (χ2v) is 10.5. The van der Waals surface area contributed by atoms with Gasteiger partial charge in [0.15, 0.2) is 11.6 Å². The van der Waals surface area contributed by atoms with E-state index >= 15 is 8.78 Å². The SMILES string of the molecule is C[C@@]12CCN(c3c(F)cc(C#Cc4ccccc4)cc3F)C(=O)N1CCN(c1cnc(OCc3ccccc3)nc1)C2=O. The van der Waals surface area contributed by atoms with Crippen molar-refractivity contribution in [3.63, 3.8) is 0 Å². The zero-order valence-corrected chi connectivity index (χ0v) is 23.3. The second-order valence-electron chi connectivity index (χ2n) is 10.5. The summed E-state index contributed by atoms with van der Waals surface area (Å²) < 4.78 is 36.1. The van der Waals surface area contributed by atoms with E-state index in [0.717, 1.165) is 22.6 Å². The van der Waals surface area contributed by atoms with Crippen LogP contribution in [-0.2, 0) is 11.4 Å². The maximum Gasteiger partial charge on any atom is 0.325 e. The molecular weight excluding hydrogens is 552 g/mol. The normalized spacial score (nSPS) is 18.2. The first kappa shape index (κ1) is 27.8. The molecule has 0 radical (unpaired) electrons. The van der Waals surface area contributed by atoms with E-state index in [1.807, 2.05) is 48.5 Å². The van der Waals surface area contributed by atoms with E-state index in [-0.39, 0.29) is 43.5 Å². The number of hydrogen-bond acceptors (Lipinski definition) is 5. The Labute approximate surface area is 247 Å². The second kappa shape index (κ2) is 11.5. The van der Waals surface area contributed by atoms with Crippen molar-refractivity contribution in [2.45, 2.75) is 25.5 Å². The van der Waals surface area contributed by atoms with E-state index in [1.54, 1.807) is 19.1 Å². The molecule has 1 aromatic heterocycles. The predicted octanol–water partition coefficient (Wildman–Crippen LogP) is 5.17. The van der Waals surface area contributed by atoms with Crippen molar-refractivity contribution < 1.29 is 23.1 Å². The molecule has 3 amide bonds. The van der Waals surface area contributed by atoms with Gasteiger partial charge in [0.05, 0.1) is 18.1 Å². The number of piperazine rings is 1. The fourth-order valence-electron chi connectivity index (χ4n) is 5.33. The van der Waals surface area contributed by atoms with Crippen LogP contribution in [0.25, 0.3) is 0 Å². The molecule has 1 atom stereocenters. The van der Waals surface area contributed by atoms with Crippen LogP contribution < -0.4 is 14.5 Å². The minimum atomic E-state index is -1.21. The molecule has 0 saturated carbocycles. The average molecular weight is 580 g/mol. The van der Waals surface area contributed by atoms with Crippen LogP contribution in [-0.4, -0.2) is 52.0 Å². The smallest absolute Gasteiger partial charge is 0.325 e. The van der Waals surface area contributed by atoms with Gasteiger partial charge in [0, 0.05) is 30.8 Å². The molecule has 2 saturated heterocycles. The Morgan fingerprint density at radius 1 is 0.837 bits per heavy atom. The molecule has 10 heteroatoms. The number of carbonyl (C=O) groups excluding carboxylic acids is 2. The summed E-state index contributed by atoms with van der Waals surface area (Å²) >= 11 is 0. The zero-order chi connectivity index (χ0) is 30.0. The molecule has 43 heavy (non-hydrogen) atoms. The molecule has 2 aliphatic rings. The number of anilines is 2. The van der Waals surface area contributed by atoms with E-state index < -0.39 is 28.9 Å². The van der Waals surface area contributed by atoms with Gasteiger partial charge in [-0.15, -0.1) is 0 Å². The molecule has 2 aliphatic heterocycles. The number of halogens is 2. The first-order valence-corrected chi connectivity index (χ1v) is 13.8. The van der Waals surface area contributed by atoms with Gasteiger partial charge in [-0.25, -0.2) is 23.5 Å². The Morgan fingerprint density at radius 3 is 2.14 bits per heavy atom. The molecule has 8 nitrogen and oxygen atoms in total. The zero-order valence-electron chi connectivity index (χ0n) is 23.3. The molecule has 3 heterocycles. The van der Waals surface area contributed by atoms with E-state index in [9.17, 15) is 9.59 Å². The predicted molar refractivity (Wildman–Crippen MR) is 156 cm³/mol. The van der Waals surface area contributed by atoms with Crippen molar-refractivity contribution in [1.82, 2.24) is 14.9 Å². The van der Waals surface area contributed by atoms with Gasteiger partial charge in [-0.1, -0.05) is 60.4 Å². The number of urea groups is 1. The Hall–Kier alpha value is -5.30. The van der Waals surface area contributed by atoms with Gasteiger partial charge in [-0.05, 0) is 43.2 Å². The van der Waals surface area contributed by atoms with Crippen molar-refractivity contribution in [3.8, 4) is 17.9 Å². The van der Waals surface area contributed by atoms with Crippen LogP contribution in [0, 0.1) is 23.5 Å². The number of nitrogens with zero attached hydrogens (tertiary/aromatic N) is 5. The molecule has 4 aromatic rings. The van der Waals surface area contributed by atoms with E-state index in [0.29, 0.717) is 17.9 Å². The summed E-state index contributed by atoms with van der Waals surface area (Å²) in [6.45, 7) is 2.26. The monoisotopic (exact) mass is 579 g/mol. The minimum Gasteiger partial charge on any atom is -0.459 e. The number of rotatable bonds is 5. The highest BCUT2D eigenvalue weighted by atomic mass is 19.1. The fourth-order valence-corrected chi connectivity index (χ4v) is 5.33. The number of carbonyl (C=O) groups is 2. The summed E-state index contributed by atoms with van der Waals surface area (Å²) in [5.41, 5.74) is 0.643. The number of fused-ring (bicyclic) bond motifs is 1. The summed E-state index contributed by atoms with van der Waals surface area (Å²) in [6, 6.07) is 20.5. The lowest BCUT2D eigenvalue weighted by Gasteiger charge is -2.52. The molecular formula is C33H27F2N5O3. The quantitative estimate of drug-likeness (QED) is 0.305. The maximum atomic E-state index is 15.2. The number of hydrogen-bond donors (Lipinski definition) is 0. The summed E-state index contributed by atoms with van der Waals surface area (Å²) in [6.07, 6.45) is 3.18. The molecule has 0 aliphatic carbocycles. The Bertz CT molecular complexity index is 1700. The maximum absolute atomic E-state index is 15.2. The number of amides is 3. The molecule has 2 fully saturated rings. The Morgan fingerprint density at radius 2 is 1.47 bits per heavy atom. The van der Waals surface area contributed by atoms with Crippen LogP contribution in [0.5, 0.6) is 6.01 Å². The van der Waals surface area contributed by atoms with Crippen LogP contribution in [0.15, 0.2) is 85.2 Å². The summed E-state index contributed by atoms with van der Waals surface area (Å²) in [4.78, 5) is 39.7. The van der Waals surface area contributed by atoms with Crippen LogP contribution >= 0.6 is 0 Å². The van der Waals surface area contributed by atoms with Gasteiger partial charge >= 0.3 is 12.0 Å². The summed E-state index contributed by atoms with van der Waals surface area (Å²) in [5, 5.41) is 0. The third-order valence-electron chi connectivity index (χ3n) is 7.68. The van der Waals surface area contributed by atoms with Gasteiger partial charge in [0.25, 0.3) is 5.91 Å². The topological polar surface area (TPSA) is 78.9 Å². The van der Waals surface area contributed by atoms with Crippen LogP contribution in [0.4, 0.5) is 25.0 Å². The first-order valence-electron chi connectivity index (χ1n) is 13.8. The lowest BCUT2D eigenvalue weighted by molar-refractivity contribution is -0.131. The van der Waals surface area contributed by atoms with Crippen molar-refractivity contribution in [1.29, 1.82) is 0 Å². The molecule has 6 rings (SSSR count). The lowest BCUT2D eigenvalue weighted by atomic mass is 9.88. The summed E-state index contributed by atoms with van der Waals surface area (Å²) in [7, 11) is 0. The minimum absolute atomic E-state index is 0.0446. The fraction of sp³-hybridized carbons (Fsp3) is 0.212. The lowest BCUT2D eigenvalue weighted by Crippen LogP contribution is -2.71. The molecule has 0 unspecified atom stereocenters. The van der Waals surface area contributed by atoms with Gasteiger partial charge in [-0.2, -0.15) is 0 Å². The average Bonchev–Trinajstić information content (AvgIpc) is 3.02. The van der Waals surface area contributed by atoms with Gasteiger partial charge in [0.2, 0.25) is 0 Å². The largest absolute Gasteiger partial charge is 0.459 e. The molecule has 216 valence electrons. The number of aromatic nitrogens is 2. The van der Waals surface area contributed by atoms with Crippen molar-refractivity contribution >= 4 is 23.3 Å². The van der Waals surface area contributed by atoms with E-state index in [4.69, 9.17) is 4.74 Å². The van der Waals surface area contributed by atoms with E-state index in [1.165, 1.54) is 22.2 Å². The van der Waals surface area contributed by atoms with Gasteiger partial charge in [-0.3, -0.25) is 9.69 Å². The molecule has 3 aromatic carbocycles. The Kier molecular flexibility index (Phi) is 7.47. The standard InChI is InChI=1S/C33H27F2N5O3/c1-33-14-15-39(29-27(34)18-25(19-28(29)35)13-12-23-8-4-2-5-9-23)32(42)40(33)17-16-38(30(33)41)26-20-36-31(37-21-26)43-22-24-10-6-3-7-11-24/h2-11,18-21H,14-17,22H2,1H3/t33-/m0/s1. The highest BCUT2D eigenvalue weighted by molar-refractivity contribution is 6.06. The molecule has 0 bridgehead atoms. The van der Waals surface area contributed by atoms with Gasteiger partial charge < -0.3 is 14.5 Å². The highest BCUT2D eigenvalue weighted by Crippen LogP contribution is 2.37. The van der Waals surface area contributed by atoms with Crippen LogP contribution in [0.3, 0.4) is 0 Å². The van der Waals surface area contributed by atoms with Crippen LogP contribution in [0.1, 0.15) is 30.0 Å². The molecule has 0 spiro atoms. The number of benzene rings is 3. The summed E-state index contributed by atoms with van der Waals surface area (Å²) in [5.74, 6) is 3.53.